The van der Waals surface area contributed by atoms with Gasteiger partial charge < -0.3 is 10.1 Å². The third-order valence-electron chi connectivity index (χ3n) is 5.05. The van der Waals surface area contributed by atoms with Crippen LogP contribution in [0.3, 0.4) is 0 Å². The van der Waals surface area contributed by atoms with E-state index in [0.717, 1.165) is 36.2 Å². The predicted octanol–water partition coefficient (Wildman–Crippen LogP) is 4.25. The summed E-state index contributed by atoms with van der Waals surface area (Å²) in [5.74, 6) is -0.723. The largest absolute Gasteiger partial charge is 0.463 e. The van der Waals surface area contributed by atoms with Crippen LogP contribution in [-0.4, -0.2) is 36.5 Å². The minimum Gasteiger partial charge on any atom is -0.463 e. The van der Waals surface area contributed by atoms with Crippen molar-refractivity contribution >= 4 is 23.6 Å². The van der Waals surface area contributed by atoms with Crippen LogP contribution < -0.4 is 5.32 Å². The molecule has 1 N–H and O–H groups in total. The quantitative estimate of drug-likeness (QED) is 0.548. The highest BCUT2D eigenvalue weighted by Crippen LogP contribution is 2.21. The third kappa shape index (κ3) is 6.52. The first-order chi connectivity index (χ1) is 14.5. The van der Waals surface area contributed by atoms with E-state index in [1.54, 1.807) is 25.1 Å². The van der Waals surface area contributed by atoms with Gasteiger partial charge in [0.25, 0.3) is 0 Å². The molecule has 1 saturated heterocycles. The first kappa shape index (κ1) is 21.7. The van der Waals surface area contributed by atoms with Gasteiger partial charge >= 0.3 is 5.97 Å². The molecule has 1 atom stereocenters. The molecule has 1 fully saturated rings. The van der Waals surface area contributed by atoms with Crippen LogP contribution in [0.5, 0.6) is 0 Å². The van der Waals surface area contributed by atoms with Crippen LogP contribution in [0.25, 0.3) is 6.08 Å². The molecule has 0 aromatic heterocycles. The number of anilines is 1. The number of piperidine rings is 1. The Labute approximate surface area is 176 Å². The first-order valence-corrected chi connectivity index (χ1v) is 10.3. The van der Waals surface area contributed by atoms with Crippen LogP contribution in [0, 0.1) is 11.7 Å². The molecular formula is C24H27FN2O3. The second-order valence-electron chi connectivity index (χ2n) is 7.40. The van der Waals surface area contributed by atoms with Gasteiger partial charge in [-0.2, -0.15) is 0 Å². The number of hydrogen-bond acceptors (Lipinski definition) is 4. The minimum atomic E-state index is -0.380. The number of nitrogens with zero attached hydrogens (tertiary/aromatic N) is 1. The number of hydrogen-bond donors (Lipinski definition) is 1. The van der Waals surface area contributed by atoms with Crippen molar-refractivity contribution in [2.45, 2.75) is 26.3 Å². The normalized spacial score (nSPS) is 17.1. The topological polar surface area (TPSA) is 58.6 Å². The van der Waals surface area contributed by atoms with Crippen LogP contribution in [0.2, 0.25) is 0 Å². The smallest absolute Gasteiger partial charge is 0.330 e. The highest BCUT2D eigenvalue weighted by atomic mass is 19.1. The lowest BCUT2D eigenvalue weighted by Gasteiger charge is -2.32. The van der Waals surface area contributed by atoms with E-state index in [1.807, 2.05) is 30.3 Å². The molecule has 2 aromatic carbocycles. The van der Waals surface area contributed by atoms with Gasteiger partial charge in [0.15, 0.2) is 0 Å². The molecule has 6 heteroatoms. The Morgan fingerprint density at radius 3 is 2.77 bits per heavy atom. The van der Waals surface area contributed by atoms with Crippen molar-refractivity contribution in [2.75, 3.05) is 25.0 Å². The number of carbonyl (C=O) groups is 2. The molecule has 0 radical (unpaired) electrons. The molecule has 158 valence electrons. The predicted molar refractivity (Wildman–Crippen MR) is 115 cm³/mol. The van der Waals surface area contributed by atoms with Gasteiger partial charge in [-0.15, -0.1) is 0 Å². The maximum absolute atomic E-state index is 13.4. The summed E-state index contributed by atoms with van der Waals surface area (Å²) in [7, 11) is 0. The number of carbonyl (C=O) groups excluding carboxylic acids is 2. The van der Waals surface area contributed by atoms with Gasteiger partial charge in [-0.3, -0.25) is 9.69 Å². The number of rotatable bonds is 7. The lowest BCUT2D eigenvalue weighted by molar-refractivity contribution is -0.137. The summed E-state index contributed by atoms with van der Waals surface area (Å²) >= 11 is 0. The molecule has 0 aliphatic carbocycles. The van der Waals surface area contributed by atoms with E-state index in [0.29, 0.717) is 19.7 Å². The fraction of sp³-hybridized carbons (Fsp3) is 0.333. The van der Waals surface area contributed by atoms with Crippen LogP contribution in [-0.2, 0) is 20.9 Å². The van der Waals surface area contributed by atoms with E-state index in [2.05, 4.69) is 10.2 Å². The summed E-state index contributed by atoms with van der Waals surface area (Å²) in [6, 6.07) is 13.9. The molecule has 3 rings (SSSR count). The molecule has 5 nitrogen and oxygen atoms in total. The third-order valence-corrected chi connectivity index (χ3v) is 5.05. The Balaban J connectivity index is 1.53. The molecule has 1 heterocycles. The zero-order valence-corrected chi connectivity index (χ0v) is 17.1. The molecule has 0 spiro atoms. The summed E-state index contributed by atoms with van der Waals surface area (Å²) < 4.78 is 18.3. The molecule has 1 aliphatic rings. The van der Waals surface area contributed by atoms with Crippen LogP contribution >= 0.6 is 0 Å². The fourth-order valence-electron chi connectivity index (χ4n) is 3.58. The van der Waals surface area contributed by atoms with E-state index in [4.69, 9.17) is 4.74 Å². The van der Waals surface area contributed by atoms with Crippen molar-refractivity contribution < 1.29 is 18.7 Å². The Hall–Kier alpha value is -2.99. The van der Waals surface area contributed by atoms with Crippen molar-refractivity contribution in [1.82, 2.24) is 4.90 Å². The van der Waals surface area contributed by atoms with E-state index < -0.39 is 0 Å². The molecule has 1 unspecified atom stereocenters. The first-order valence-electron chi connectivity index (χ1n) is 10.3. The lowest BCUT2D eigenvalue weighted by atomic mass is 9.96. The number of likely N-dealkylation sites (tertiary alicyclic amines) is 1. The highest BCUT2D eigenvalue weighted by Gasteiger charge is 2.25. The van der Waals surface area contributed by atoms with Crippen molar-refractivity contribution in [1.29, 1.82) is 0 Å². The fourth-order valence-corrected chi connectivity index (χ4v) is 3.58. The minimum absolute atomic E-state index is 0.00578. The maximum Gasteiger partial charge on any atom is 0.330 e. The number of esters is 1. The van der Waals surface area contributed by atoms with E-state index in [1.165, 1.54) is 12.1 Å². The van der Waals surface area contributed by atoms with Crippen molar-refractivity contribution in [3.8, 4) is 0 Å². The molecule has 30 heavy (non-hydrogen) atoms. The van der Waals surface area contributed by atoms with Crippen molar-refractivity contribution in [2.24, 2.45) is 5.92 Å². The summed E-state index contributed by atoms with van der Waals surface area (Å²) in [5, 5.41) is 2.98. The Morgan fingerprint density at radius 1 is 1.23 bits per heavy atom. The van der Waals surface area contributed by atoms with Crippen molar-refractivity contribution in [3.05, 3.63) is 71.6 Å². The van der Waals surface area contributed by atoms with Gasteiger partial charge in [-0.25, -0.2) is 9.18 Å². The number of benzene rings is 2. The summed E-state index contributed by atoms with van der Waals surface area (Å²) in [6.45, 7) is 4.30. The lowest BCUT2D eigenvalue weighted by Crippen LogP contribution is -2.40. The maximum atomic E-state index is 13.4. The van der Waals surface area contributed by atoms with Crippen LogP contribution in [0.15, 0.2) is 54.6 Å². The molecule has 0 saturated carbocycles. The van der Waals surface area contributed by atoms with Gasteiger partial charge in [0, 0.05) is 24.9 Å². The van der Waals surface area contributed by atoms with E-state index >= 15 is 0 Å². The number of amides is 1. The second-order valence-corrected chi connectivity index (χ2v) is 7.40. The SMILES string of the molecule is CCOC(=O)/C=C/c1ccc(NC(=O)C2CCCN(Cc3cccc(F)c3)C2)cc1. The Morgan fingerprint density at radius 2 is 2.03 bits per heavy atom. The molecule has 0 bridgehead atoms. The van der Waals surface area contributed by atoms with E-state index in [-0.39, 0.29) is 23.6 Å². The monoisotopic (exact) mass is 410 g/mol. The van der Waals surface area contributed by atoms with Crippen molar-refractivity contribution in [3.63, 3.8) is 0 Å². The molecular weight excluding hydrogens is 383 g/mol. The van der Waals surface area contributed by atoms with Crippen LogP contribution in [0.1, 0.15) is 30.9 Å². The summed E-state index contributed by atoms with van der Waals surface area (Å²) in [6.07, 6.45) is 4.83. The summed E-state index contributed by atoms with van der Waals surface area (Å²) in [5.41, 5.74) is 2.48. The number of nitrogens with one attached hydrogen (secondary N) is 1. The molecule has 1 aliphatic heterocycles. The van der Waals surface area contributed by atoms with Gasteiger partial charge in [0.05, 0.1) is 12.5 Å². The van der Waals surface area contributed by atoms with Gasteiger partial charge in [-0.1, -0.05) is 24.3 Å². The highest BCUT2D eigenvalue weighted by molar-refractivity contribution is 5.93. The standard InChI is InChI=1S/C24H27FN2O3/c1-2-30-23(28)13-10-18-8-11-22(12-9-18)26-24(29)20-6-4-14-27(17-20)16-19-5-3-7-21(25)15-19/h3,5,7-13,15,20H,2,4,6,14,16-17H2,1H3,(H,26,29)/b13-10+. The van der Waals surface area contributed by atoms with Crippen LogP contribution in [0.4, 0.5) is 10.1 Å². The zero-order chi connectivity index (χ0) is 21.3. The molecule has 2 aromatic rings. The van der Waals surface area contributed by atoms with Gasteiger partial charge in [-0.05, 0) is 67.8 Å². The van der Waals surface area contributed by atoms with Gasteiger partial charge in [0.1, 0.15) is 5.82 Å². The molecule has 1 amide bonds. The second kappa shape index (κ2) is 10.7. The Bertz CT molecular complexity index is 896. The number of ether oxygens (including phenoxy) is 1. The van der Waals surface area contributed by atoms with E-state index in [9.17, 15) is 14.0 Å². The summed E-state index contributed by atoms with van der Waals surface area (Å²) in [4.78, 5) is 26.3. The average molecular weight is 410 g/mol. The average Bonchev–Trinajstić information content (AvgIpc) is 2.74. The van der Waals surface area contributed by atoms with Gasteiger partial charge in [0.2, 0.25) is 5.91 Å². The Kier molecular flexibility index (Phi) is 7.74. The number of halogens is 1. The zero-order valence-electron chi connectivity index (χ0n) is 17.1.